The van der Waals surface area contributed by atoms with Crippen LogP contribution in [-0.4, -0.2) is 12.1 Å². The summed E-state index contributed by atoms with van der Waals surface area (Å²) < 4.78 is 0. The van der Waals surface area contributed by atoms with E-state index >= 15 is 0 Å². The van der Waals surface area contributed by atoms with E-state index in [-0.39, 0.29) is 5.54 Å². The fourth-order valence-corrected chi connectivity index (χ4v) is 3.71. The van der Waals surface area contributed by atoms with Crippen LogP contribution in [0, 0.1) is 5.41 Å². The van der Waals surface area contributed by atoms with Gasteiger partial charge in [0.2, 0.25) is 0 Å². The van der Waals surface area contributed by atoms with Gasteiger partial charge in [-0.05, 0) is 63.1 Å². The third-order valence-corrected chi connectivity index (χ3v) is 5.08. The minimum Gasteiger partial charge on any atom is -0.312 e. The third-order valence-electron chi connectivity index (χ3n) is 4.49. The number of nitrogens with one attached hydrogen (secondary N) is 1. The Morgan fingerprint density at radius 1 is 1.10 bits per heavy atom. The van der Waals surface area contributed by atoms with Crippen molar-refractivity contribution in [3.8, 4) is 0 Å². The Morgan fingerprint density at radius 3 is 2.33 bits per heavy atom. The summed E-state index contributed by atoms with van der Waals surface area (Å²) in [6, 6.07) is 5.92. The van der Waals surface area contributed by atoms with Gasteiger partial charge in [-0.2, -0.15) is 0 Å². The van der Waals surface area contributed by atoms with E-state index in [1.165, 1.54) is 37.7 Å². The van der Waals surface area contributed by atoms with Crippen LogP contribution in [0.5, 0.6) is 0 Å². The summed E-state index contributed by atoms with van der Waals surface area (Å²) >= 11 is 12.4. The van der Waals surface area contributed by atoms with Crippen LogP contribution >= 0.6 is 23.2 Å². The fraction of sp³-hybridized carbons (Fsp3) is 0.667. The number of benzene rings is 1. The Morgan fingerprint density at radius 2 is 1.76 bits per heavy atom. The van der Waals surface area contributed by atoms with Crippen molar-refractivity contribution in [2.45, 2.75) is 64.8 Å². The van der Waals surface area contributed by atoms with Crippen molar-refractivity contribution in [2.75, 3.05) is 6.54 Å². The van der Waals surface area contributed by atoms with Crippen LogP contribution in [0.2, 0.25) is 10.0 Å². The largest absolute Gasteiger partial charge is 0.312 e. The first-order valence-corrected chi connectivity index (χ1v) is 8.74. The third kappa shape index (κ3) is 5.16. The summed E-state index contributed by atoms with van der Waals surface area (Å²) in [5.74, 6) is 0. The molecule has 0 aromatic heterocycles. The lowest BCUT2D eigenvalue weighted by Crippen LogP contribution is -2.45. The lowest BCUT2D eigenvalue weighted by molar-refractivity contribution is 0.165. The SMILES string of the molecule is CC(C)(C)NCC1(Cc2ccc(Cl)cc2Cl)CCCCC1. The molecular formula is C18H27Cl2N. The molecule has 0 saturated heterocycles. The van der Waals surface area contributed by atoms with Crippen molar-refractivity contribution in [3.63, 3.8) is 0 Å². The van der Waals surface area contributed by atoms with Gasteiger partial charge in [0.1, 0.15) is 0 Å². The van der Waals surface area contributed by atoms with Gasteiger partial charge in [-0.25, -0.2) is 0 Å². The maximum atomic E-state index is 6.40. The van der Waals surface area contributed by atoms with E-state index in [0.717, 1.165) is 18.0 Å². The Bertz CT molecular complexity index is 471. The fourth-order valence-electron chi connectivity index (χ4n) is 3.24. The predicted octanol–water partition coefficient (Wildman–Crippen LogP) is 5.87. The number of rotatable bonds is 4. The van der Waals surface area contributed by atoms with Crippen molar-refractivity contribution in [1.82, 2.24) is 5.32 Å². The molecule has 21 heavy (non-hydrogen) atoms. The van der Waals surface area contributed by atoms with E-state index in [1.807, 2.05) is 12.1 Å². The normalized spacial score (nSPS) is 18.7. The topological polar surface area (TPSA) is 12.0 Å². The van der Waals surface area contributed by atoms with E-state index in [9.17, 15) is 0 Å². The van der Waals surface area contributed by atoms with Crippen LogP contribution in [0.15, 0.2) is 18.2 Å². The van der Waals surface area contributed by atoms with E-state index in [1.54, 1.807) is 0 Å². The summed E-state index contributed by atoms with van der Waals surface area (Å²) in [7, 11) is 0. The van der Waals surface area contributed by atoms with Gasteiger partial charge in [-0.1, -0.05) is 48.5 Å². The quantitative estimate of drug-likeness (QED) is 0.728. The molecule has 0 heterocycles. The molecule has 1 aliphatic rings. The number of hydrogen-bond donors (Lipinski definition) is 1. The van der Waals surface area contributed by atoms with Gasteiger partial charge in [-0.3, -0.25) is 0 Å². The summed E-state index contributed by atoms with van der Waals surface area (Å²) in [6.45, 7) is 7.77. The van der Waals surface area contributed by atoms with Gasteiger partial charge < -0.3 is 5.32 Å². The standard InChI is InChI=1S/C18H27Cl2N/c1-17(2,3)21-13-18(9-5-4-6-10-18)12-14-7-8-15(19)11-16(14)20/h7-8,11,21H,4-6,9-10,12-13H2,1-3H3. The molecule has 0 aliphatic heterocycles. The van der Waals surface area contributed by atoms with Crippen molar-refractivity contribution in [2.24, 2.45) is 5.41 Å². The summed E-state index contributed by atoms with van der Waals surface area (Å²) in [6.07, 6.45) is 7.65. The van der Waals surface area contributed by atoms with Crippen molar-refractivity contribution < 1.29 is 0 Å². The molecule has 0 atom stereocenters. The highest BCUT2D eigenvalue weighted by molar-refractivity contribution is 6.35. The van der Waals surface area contributed by atoms with E-state index < -0.39 is 0 Å². The second kappa shape index (κ2) is 6.89. The van der Waals surface area contributed by atoms with E-state index in [0.29, 0.717) is 10.4 Å². The number of halogens is 2. The lowest BCUT2D eigenvalue weighted by Gasteiger charge is -2.40. The molecule has 1 saturated carbocycles. The molecule has 0 unspecified atom stereocenters. The van der Waals surface area contributed by atoms with Gasteiger partial charge in [0.25, 0.3) is 0 Å². The second-order valence-corrected chi connectivity index (χ2v) is 8.42. The molecule has 1 fully saturated rings. The molecule has 1 aromatic carbocycles. The van der Waals surface area contributed by atoms with Gasteiger partial charge in [0.15, 0.2) is 0 Å². The average molecular weight is 328 g/mol. The van der Waals surface area contributed by atoms with Crippen LogP contribution in [-0.2, 0) is 6.42 Å². The molecule has 118 valence electrons. The predicted molar refractivity (Wildman–Crippen MR) is 93.4 cm³/mol. The number of hydrogen-bond acceptors (Lipinski definition) is 1. The summed E-state index contributed by atoms with van der Waals surface area (Å²) in [5, 5.41) is 5.24. The highest BCUT2D eigenvalue weighted by Crippen LogP contribution is 2.40. The Hall–Kier alpha value is -0.240. The molecule has 0 radical (unpaired) electrons. The molecule has 0 bridgehead atoms. The molecule has 0 amide bonds. The summed E-state index contributed by atoms with van der Waals surface area (Å²) in [5.41, 5.74) is 1.73. The van der Waals surface area contributed by atoms with Crippen LogP contribution in [0.4, 0.5) is 0 Å². The first kappa shape index (κ1) is 17.1. The van der Waals surface area contributed by atoms with Gasteiger partial charge >= 0.3 is 0 Å². The minimum atomic E-state index is 0.161. The van der Waals surface area contributed by atoms with Gasteiger partial charge in [-0.15, -0.1) is 0 Å². The van der Waals surface area contributed by atoms with Gasteiger partial charge in [0.05, 0.1) is 0 Å². The molecule has 3 heteroatoms. The smallest absolute Gasteiger partial charge is 0.0453 e. The Kier molecular flexibility index (Phi) is 5.62. The molecule has 1 aliphatic carbocycles. The van der Waals surface area contributed by atoms with Crippen LogP contribution < -0.4 is 5.32 Å². The zero-order chi connectivity index (χ0) is 15.5. The molecule has 2 rings (SSSR count). The highest BCUT2D eigenvalue weighted by Gasteiger charge is 2.33. The monoisotopic (exact) mass is 327 g/mol. The van der Waals surface area contributed by atoms with Crippen LogP contribution in [0.3, 0.4) is 0 Å². The highest BCUT2D eigenvalue weighted by atomic mass is 35.5. The molecule has 0 spiro atoms. The average Bonchev–Trinajstić information content (AvgIpc) is 2.41. The molecular weight excluding hydrogens is 301 g/mol. The first-order valence-electron chi connectivity index (χ1n) is 7.99. The Balaban J connectivity index is 2.15. The van der Waals surface area contributed by atoms with E-state index in [4.69, 9.17) is 23.2 Å². The Labute approximate surface area is 139 Å². The molecule has 1 nitrogen and oxygen atoms in total. The van der Waals surface area contributed by atoms with Crippen molar-refractivity contribution in [3.05, 3.63) is 33.8 Å². The first-order chi connectivity index (χ1) is 9.80. The van der Waals surface area contributed by atoms with Crippen LogP contribution in [0.25, 0.3) is 0 Å². The maximum Gasteiger partial charge on any atom is 0.0453 e. The maximum absolute atomic E-state index is 6.40. The summed E-state index contributed by atoms with van der Waals surface area (Å²) in [4.78, 5) is 0. The second-order valence-electron chi connectivity index (χ2n) is 7.58. The molecule has 1 N–H and O–H groups in total. The molecule has 1 aromatic rings. The lowest BCUT2D eigenvalue weighted by atomic mass is 9.70. The van der Waals surface area contributed by atoms with Crippen LogP contribution in [0.1, 0.15) is 58.4 Å². The van der Waals surface area contributed by atoms with Crippen molar-refractivity contribution in [1.29, 1.82) is 0 Å². The minimum absolute atomic E-state index is 0.161. The van der Waals surface area contributed by atoms with Gasteiger partial charge in [0, 0.05) is 22.1 Å². The van der Waals surface area contributed by atoms with E-state index in [2.05, 4.69) is 32.2 Å². The zero-order valence-electron chi connectivity index (χ0n) is 13.4. The van der Waals surface area contributed by atoms with Crippen molar-refractivity contribution >= 4 is 23.2 Å². The zero-order valence-corrected chi connectivity index (χ0v) is 14.9.